The molecule has 0 atom stereocenters. The molecule has 5 nitrogen and oxygen atoms in total. The van der Waals surface area contributed by atoms with Gasteiger partial charge in [-0.3, -0.25) is 9.88 Å². The molecular formula is C30H35ClN4O. The number of nitrogens with zero attached hydrogens (tertiary/aromatic N) is 3. The second kappa shape index (κ2) is 11.4. The summed E-state index contributed by atoms with van der Waals surface area (Å²) >= 11 is 6.28. The zero-order chi connectivity index (χ0) is 24.9. The van der Waals surface area contributed by atoms with Crippen LogP contribution in [0.25, 0.3) is 5.57 Å². The summed E-state index contributed by atoms with van der Waals surface area (Å²) in [5.74, 6) is 0. The number of likely N-dealkylation sites (tertiary alicyclic amines) is 1. The first kappa shape index (κ1) is 24.8. The predicted molar refractivity (Wildman–Crippen MR) is 148 cm³/mol. The van der Waals surface area contributed by atoms with Gasteiger partial charge in [0, 0.05) is 54.0 Å². The maximum Gasteiger partial charge on any atom is 0.326 e. The molecule has 0 unspecified atom stereocenters. The maximum absolute atomic E-state index is 13.8. The number of benzene rings is 1. The molecule has 1 aromatic heterocycles. The monoisotopic (exact) mass is 502 g/mol. The number of carbonyl (C=O) groups is 1. The molecule has 3 aliphatic rings. The first-order chi connectivity index (χ1) is 17.6. The van der Waals surface area contributed by atoms with Crippen LogP contribution in [0.5, 0.6) is 0 Å². The number of pyridine rings is 1. The van der Waals surface area contributed by atoms with Gasteiger partial charge in [-0.1, -0.05) is 42.7 Å². The lowest BCUT2D eigenvalue weighted by Gasteiger charge is -2.41. The van der Waals surface area contributed by atoms with Crippen molar-refractivity contribution in [2.75, 3.05) is 18.4 Å². The minimum absolute atomic E-state index is 0.106. The number of nitrogens with one attached hydrogen (secondary N) is 1. The Bertz CT molecular complexity index is 1140. The average molecular weight is 503 g/mol. The molecule has 1 aromatic carbocycles. The number of piperidine rings is 1. The molecule has 36 heavy (non-hydrogen) atoms. The van der Waals surface area contributed by atoms with Gasteiger partial charge in [0.05, 0.1) is 0 Å². The van der Waals surface area contributed by atoms with Crippen LogP contribution in [0.4, 0.5) is 10.5 Å². The van der Waals surface area contributed by atoms with Gasteiger partial charge in [0.2, 0.25) is 0 Å². The molecule has 1 saturated heterocycles. The summed E-state index contributed by atoms with van der Waals surface area (Å²) in [5, 5.41) is 3.76. The number of hydrogen-bond acceptors (Lipinski definition) is 3. The SMILES string of the molecule is Cc1cc(Cl)cc(NC(=O)N(C2=CC=C(c3cccnc3)CC=C2)C2CCN(C3CCCC3)CC2)c1. The standard InChI is InChI=1S/C30H35ClN4O/c1-22-18-25(31)20-26(19-22)33-30(36)35(29-13-16-34(17-14-29)27-8-2-3-9-27)28-10-4-6-23(11-12-28)24-7-5-15-32-21-24/h4-5,7,10-12,15,18-21,27,29H,2-3,6,8-9,13-14,16-17H2,1H3,(H,33,36). The van der Waals surface area contributed by atoms with Gasteiger partial charge in [0.25, 0.3) is 0 Å². The number of urea groups is 1. The van der Waals surface area contributed by atoms with Gasteiger partial charge in [-0.2, -0.15) is 0 Å². The number of anilines is 1. The topological polar surface area (TPSA) is 48.5 Å². The van der Waals surface area contributed by atoms with Crippen molar-refractivity contribution in [2.24, 2.45) is 0 Å². The normalized spacial score (nSPS) is 19.5. The number of aryl methyl sites for hydroxylation is 1. The molecule has 5 rings (SSSR count). The van der Waals surface area contributed by atoms with E-state index >= 15 is 0 Å². The fourth-order valence-corrected chi connectivity index (χ4v) is 6.10. The Hall–Kier alpha value is -2.89. The maximum atomic E-state index is 13.8. The largest absolute Gasteiger partial charge is 0.326 e. The fraction of sp³-hybridized carbons (Fsp3) is 0.400. The minimum Gasteiger partial charge on any atom is -0.307 e. The highest BCUT2D eigenvalue weighted by Gasteiger charge is 2.33. The molecule has 1 saturated carbocycles. The van der Waals surface area contributed by atoms with Crippen molar-refractivity contribution in [3.05, 3.63) is 88.9 Å². The van der Waals surface area contributed by atoms with E-state index in [2.05, 4.69) is 45.6 Å². The molecule has 0 bridgehead atoms. The highest BCUT2D eigenvalue weighted by molar-refractivity contribution is 6.31. The van der Waals surface area contributed by atoms with Crippen molar-refractivity contribution >= 4 is 28.9 Å². The van der Waals surface area contributed by atoms with E-state index in [1.54, 1.807) is 6.20 Å². The van der Waals surface area contributed by atoms with E-state index in [4.69, 9.17) is 11.6 Å². The van der Waals surface area contributed by atoms with Crippen LogP contribution in [0, 0.1) is 6.92 Å². The Morgan fingerprint density at radius 2 is 1.92 bits per heavy atom. The summed E-state index contributed by atoms with van der Waals surface area (Å²) in [5.41, 5.74) is 4.96. The van der Waals surface area contributed by atoms with Crippen LogP contribution < -0.4 is 5.32 Å². The van der Waals surface area contributed by atoms with E-state index in [1.165, 1.54) is 31.3 Å². The molecule has 188 valence electrons. The molecule has 2 amide bonds. The van der Waals surface area contributed by atoms with Gasteiger partial charge >= 0.3 is 6.03 Å². The first-order valence-corrected chi connectivity index (χ1v) is 13.5. The number of halogens is 1. The zero-order valence-electron chi connectivity index (χ0n) is 21.0. The van der Waals surface area contributed by atoms with E-state index in [-0.39, 0.29) is 12.1 Å². The highest BCUT2D eigenvalue weighted by atomic mass is 35.5. The number of aromatic nitrogens is 1. The van der Waals surface area contributed by atoms with Crippen LogP contribution in [-0.4, -0.2) is 46.0 Å². The van der Waals surface area contributed by atoms with Gasteiger partial charge in [0.1, 0.15) is 0 Å². The van der Waals surface area contributed by atoms with Crippen molar-refractivity contribution < 1.29 is 4.79 Å². The van der Waals surface area contributed by atoms with E-state index in [1.807, 2.05) is 42.3 Å². The Labute approximate surface area is 219 Å². The molecule has 2 aromatic rings. The van der Waals surface area contributed by atoms with E-state index in [0.29, 0.717) is 5.02 Å². The Balaban J connectivity index is 1.40. The van der Waals surface area contributed by atoms with Crippen LogP contribution in [-0.2, 0) is 0 Å². The van der Waals surface area contributed by atoms with Crippen molar-refractivity contribution in [1.29, 1.82) is 0 Å². The van der Waals surface area contributed by atoms with E-state index in [9.17, 15) is 4.79 Å². The molecule has 0 radical (unpaired) electrons. The third-order valence-electron chi connectivity index (χ3n) is 7.61. The number of carbonyl (C=O) groups excluding carboxylic acids is 1. The van der Waals surface area contributed by atoms with E-state index < -0.39 is 0 Å². The van der Waals surface area contributed by atoms with Crippen molar-refractivity contribution in [2.45, 2.75) is 64.0 Å². The summed E-state index contributed by atoms with van der Waals surface area (Å²) in [6.45, 7) is 4.08. The molecular weight excluding hydrogens is 468 g/mol. The summed E-state index contributed by atoms with van der Waals surface area (Å²) < 4.78 is 0. The quantitative estimate of drug-likeness (QED) is 0.469. The van der Waals surface area contributed by atoms with E-state index in [0.717, 1.165) is 60.9 Å². The number of allylic oxidation sites excluding steroid dienone is 5. The van der Waals surface area contributed by atoms with Crippen LogP contribution in [0.15, 0.2) is 72.7 Å². The lowest BCUT2D eigenvalue weighted by Crippen LogP contribution is -2.49. The molecule has 2 fully saturated rings. The lowest BCUT2D eigenvalue weighted by molar-refractivity contribution is 0.115. The number of amides is 2. The molecule has 0 spiro atoms. The molecule has 1 N–H and O–H groups in total. The fourth-order valence-electron chi connectivity index (χ4n) is 5.81. The van der Waals surface area contributed by atoms with Crippen LogP contribution >= 0.6 is 11.6 Å². The predicted octanol–water partition coefficient (Wildman–Crippen LogP) is 7.21. The third kappa shape index (κ3) is 5.91. The van der Waals surface area contributed by atoms with Crippen LogP contribution in [0.3, 0.4) is 0 Å². The third-order valence-corrected chi connectivity index (χ3v) is 7.83. The van der Waals surface area contributed by atoms with Gasteiger partial charge in [-0.05, 0) is 92.1 Å². The summed E-state index contributed by atoms with van der Waals surface area (Å²) in [6, 6.07) is 10.5. The van der Waals surface area contributed by atoms with Crippen LogP contribution in [0.1, 0.15) is 56.1 Å². The van der Waals surface area contributed by atoms with Gasteiger partial charge in [0.15, 0.2) is 0 Å². The summed E-state index contributed by atoms with van der Waals surface area (Å²) in [4.78, 5) is 22.7. The Morgan fingerprint density at radius 3 is 2.64 bits per heavy atom. The number of rotatable bonds is 5. The van der Waals surface area contributed by atoms with Crippen LogP contribution in [0.2, 0.25) is 5.02 Å². The average Bonchev–Trinajstić information content (AvgIpc) is 3.31. The Morgan fingerprint density at radius 1 is 1.11 bits per heavy atom. The Kier molecular flexibility index (Phi) is 7.88. The number of hydrogen-bond donors (Lipinski definition) is 1. The van der Waals surface area contributed by atoms with Gasteiger partial charge in [-0.15, -0.1) is 0 Å². The lowest BCUT2D eigenvalue weighted by atomic mass is 10.00. The molecule has 6 heteroatoms. The highest BCUT2D eigenvalue weighted by Crippen LogP contribution is 2.31. The van der Waals surface area contributed by atoms with Crippen molar-refractivity contribution in [1.82, 2.24) is 14.8 Å². The first-order valence-electron chi connectivity index (χ1n) is 13.2. The molecule has 2 aliphatic carbocycles. The zero-order valence-corrected chi connectivity index (χ0v) is 21.8. The molecule has 1 aliphatic heterocycles. The second-order valence-electron chi connectivity index (χ2n) is 10.2. The van der Waals surface area contributed by atoms with Gasteiger partial charge < -0.3 is 10.2 Å². The smallest absolute Gasteiger partial charge is 0.307 e. The van der Waals surface area contributed by atoms with Gasteiger partial charge in [-0.25, -0.2) is 4.79 Å². The second-order valence-corrected chi connectivity index (χ2v) is 10.6. The summed E-state index contributed by atoms with van der Waals surface area (Å²) in [6.07, 6.45) is 20.2. The minimum atomic E-state index is -0.106. The van der Waals surface area contributed by atoms with Crippen molar-refractivity contribution in [3.8, 4) is 0 Å². The van der Waals surface area contributed by atoms with Crippen molar-refractivity contribution in [3.63, 3.8) is 0 Å². The summed E-state index contributed by atoms with van der Waals surface area (Å²) in [7, 11) is 0. The molecule has 2 heterocycles.